The molecular formula is C32H44N6O8S2. The van der Waals surface area contributed by atoms with E-state index in [4.69, 9.17) is 18.9 Å². The summed E-state index contributed by atoms with van der Waals surface area (Å²) in [7, 11) is -0.700. The van der Waals surface area contributed by atoms with Crippen LogP contribution in [0.15, 0.2) is 53.7 Å². The second kappa shape index (κ2) is 16.4. The van der Waals surface area contributed by atoms with Crippen molar-refractivity contribution in [1.29, 1.82) is 0 Å². The first-order valence-electron chi connectivity index (χ1n) is 16.0. The number of hydrogen-bond donors (Lipinski definition) is 2. The molecule has 2 aliphatic heterocycles. The lowest BCUT2D eigenvalue weighted by atomic mass is 10.2. The Balaban J connectivity index is 1.45. The number of likely N-dealkylation sites (N-methyl/N-ethyl adjacent to an activating group) is 1. The molecule has 0 radical (unpaired) electrons. The second-order valence-electron chi connectivity index (χ2n) is 11.9. The van der Waals surface area contributed by atoms with Gasteiger partial charge in [0.2, 0.25) is 22.2 Å². The molecule has 0 bridgehead atoms. The molecule has 2 aromatic carbocycles. The monoisotopic (exact) mass is 704 g/mol. The molecule has 262 valence electrons. The molecule has 4 atom stereocenters. The number of rotatable bonds is 16. The molecule has 16 heteroatoms. The average molecular weight is 705 g/mol. The fourth-order valence-corrected chi connectivity index (χ4v) is 8.21. The molecule has 2 saturated heterocycles. The van der Waals surface area contributed by atoms with E-state index in [-0.39, 0.29) is 41.5 Å². The van der Waals surface area contributed by atoms with E-state index in [0.717, 1.165) is 36.4 Å². The standard InChI is InChI=1S/C32H44N6O8S2/c1-5-44-32-25(19-30(40)46-32)35-48(41,42)28-11-10-23(34-29(39)20-36(3)4)18-27(28)45-22(2)31(47-17-14-37-12-15-43-16-13-37)38-21-33-24-8-6-7-9-26(24)38/h6-11,18,21-22,25,31-32,35H,5,12-17,19-20H2,1-4H3,(H,34,39)/t22-,25?,31?,32?/m1/s1. The first-order valence-corrected chi connectivity index (χ1v) is 18.5. The Morgan fingerprint density at radius 1 is 1.19 bits per heavy atom. The third-order valence-corrected chi connectivity index (χ3v) is 10.7. The minimum Gasteiger partial charge on any atom is -0.486 e. The molecule has 48 heavy (non-hydrogen) atoms. The van der Waals surface area contributed by atoms with E-state index in [1.54, 1.807) is 44.0 Å². The van der Waals surface area contributed by atoms with Crippen LogP contribution in [0.5, 0.6) is 5.75 Å². The number of cyclic esters (lactones) is 1. The van der Waals surface area contributed by atoms with Gasteiger partial charge in [0.05, 0.1) is 49.6 Å². The molecule has 0 aliphatic carbocycles. The van der Waals surface area contributed by atoms with Crippen LogP contribution in [0, 0.1) is 0 Å². The summed E-state index contributed by atoms with van der Waals surface area (Å²) in [4.78, 5) is 33.2. The van der Waals surface area contributed by atoms with Crippen LogP contribution in [0.1, 0.15) is 25.6 Å². The summed E-state index contributed by atoms with van der Waals surface area (Å²) in [5.41, 5.74) is 2.13. The number of anilines is 1. The highest BCUT2D eigenvalue weighted by molar-refractivity contribution is 7.99. The van der Waals surface area contributed by atoms with Crippen molar-refractivity contribution in [2.45, 2.75) is 49.0 Å². The third-order valence-electron chi connectivity index (χ3n) is 7.85. The molecular weight excluding hydrogens is 661 g/mol. The molecule has 0 saturated carbocycles. The number of sulfonamides is 1. The molecule has 1 aromatic heterocycles. The smallest absolute Gasteiger partial charge is 0.310 e. The number of nitrogens with zero attached hydrogens (tertiary/aromatic N) is 4. The van der Waals surface area contributed by atoms with Crippen molar-refractivity contribution in [2.24, 2.45) is 0 Å². The third kappa shape index (κ3) is 9.25. The summed E-state index contributed by atoms with van der Waals surface area (Å²) in [6, 6.07) is 11.3. The molecule has 2 fully saturated rings. The van der Waals surface area contributed by atoms with Gasteiger partial charge in [0.25, 0.3) is 0 Å². The number of ether oxygens (including phenoxy) is 4. The number of para-hydroxylation sites is 2. The number of thioether (sulfide) groups is 1. The van der Waals surface area contributed by atoms with Crippen molar-refractivity contribution in [3.63, 3.8) is 0 Å². The largest absolute Gasteiger partial charge is 0.486 e. The number of benzene rings is 2. The number of carbonyl (C=O) groups is 2. The van der Waals surface area contributed by atoms with Gasteiger partial charge in [-0.25, -0.2) is 18.1 Å². The van der Waals surface area contributed by atoms with Gasteiger partial charge < -0.3 is 33.7 Å². The van der Waals surface area contributed by atoms with E-state index in [0.29, 0.717) is 18.9 Å². The quantitative estimate of drug-likeness (QED) is 0.211. The van der Waals surface area contributed by atoms with Crippen LogP contribution in [-0.2, 0) is 33.8 Å². The highest BCUT2D eigenvalue weighted by Crippen LogP contribution is 2.36. The highest BCUT2D eigenvalue weighted by Gasteiger charge is 2.39. The lowest BCUT2D eigenvalue weighted by Gasteiger charge is -2.30. The lowest BCUT2D eigenvalue weighted by molar-refractivity contribution is -0.163. The van der Waals surface area contributed by atoms with Gasteiger partial charge in [-0.2, -0.15) is 0 Å². The molecule has 1 amide bonds. The summed E-state index contributed by atoms with van der Waals surface area (Å²) in [5.74, 6) is -0.00341. The van der Waals surface area contributed by atoms with Crippen LogP contribution in [0.2, 0.25) is 0 Å². The number of esters is 1. The van der Waals surface area contributed by atoms with Gasteiger partial charge in [-0.1, -0.05) is 12.1 Å². The summed E-state index contributed by atoms with van der Waals surface area (Å²) in [6.07, 6.45) is -0.0116. The molecule has 0 spiro atoms. The molecule has 3 aromatic rings. The summed E-state index contributed by atoms with van der Waals surface area (Å²) >= 11 is 1.69. The zero-order chi connectivity index (χ0) is 34.3. The van der Waals surface area contributed by atoms with E-state index >= 15 is 0 Å². The van der Waals surface area contributed by atoms with Crippen molar-refractivity contribution in [3.05, 3.63) is 48.8 Å². The van der Waals surface area contributed by atoms with Crippen molar-refractivity contribution in [1.82, 2.24) is 24.1 Å². The summed E-state index contributed by atoms with van der Waals surface area (Å²) in [5, 5.41) is 2.53. The van der Waals surface area contributed by atoms with Gasteiger partial charge in [-0.15, -0.1) is 11.8 Å². The van der Waals surface area contributed by atoms with Crippen LogP contribution in [-0.4, -0.2) is 124 Å². The van der Waals surface area contributed by atoms with Crippen molar-refractivity contribution < 1.29 is 37.0 Å². The molecule has 3 unspecified atom stereocenters. The first kappa shape index (κ1) is 36.0. The number of nitrogens with one attached hydrogen (secondary N) is 2. The Morgan fingerprint density at radius 2 is 1.96 bits per heavy atom. The summed E-state index contributed by atoms with van der Waals surface area (Å²) < 4.78 is 55.1. The molecule has 14 nitrogen and oxygen atoms in total. The van der Waals surface area contributed by atoms with Crippen LogP contribution >= 0.6 is 11.8 Å². The number of fused-ring (bicyclic) bond motifs is 1. The Morgan fingerprint density at radius 3 is 2.71 bits per heavy atom. The predicted molar refractivity (Wildman–Crippen MR) is 182 cm³/mol. The van der Waals surface area contributed by atoms with Gasteiger partial charge in [0, 0.05) is 43.7 Å². The number of hydrogen-bond acceptors (Lipinski definition) is 12. The van der Waals surface area contributed by atoms with Crippen LogP contribution < -0.4 is 14.8 Å². The average Bonchev–Trinajstić information content (AvgIpc) is 3.61. The Kier molecular flexibility index (Phi) is 12.3. The number of aromatic nitrogens is 2. The van der Waals surface area contributed by atoms with Crippen molar-refractivity contribution >= 4 is 50.4 Å². The zero-order valence-electron chi connectivity index (χ0n) is 27.7. The van der Waals surface area contributed by atoms with E-state index < -0.39 is 34.4 Å². The van der Waals surface area contributed by atoms with Crippen LogP contribution in [0.3, 0.4) is 0 Å². The SMILES string of the molecule is CCOC1OC(=O)CC1NS(=O)(=O)c1ccc(NC(=O)CN(C)C)cc1O[C@H](C)C(SCCN1CCOCC1)n1cnc2ccccc21. The molecule has 3 heterocycles. The first-order chi connectivity index (χ1) is 23.0. The number of carbonyl (C=O) groups excluding carboxylic acids is 2. The van der Waals surface area contributed by atoms with E-state index in [1.807, 2.05) is 35.8 Å². The maximum Gasteiger partial charge on any atom is 0.310 e. The molecule has 2 N–H and O–H groups in total. The van der Waals surface area contributed by atoms with E-state index in [2.05, 4.69) is 19.9 Å². The number of imidazole rings is 1. The van der Waals surface area contributed by atoms with Gasteiger partial charge in [0.15, 0.2) is 0 Å². The number of morpholine rings is 1. The minimum absolute atomic E-state index is 0.0408. The normalized spacial score (nSPS) is 20.1. The topological polar surface area (TPSA) is 154 Å². The Labute approximate surface area is 285 Å². The molecule has 2 aliphatic rings. The fraction of sp³-hybridized carbons (Fsp3) is 0.531. The Bertz CT molecular complexity index is 1660. The van der Waals surface area contributed by atoms with Crippen molar-refractivity contribution in [2.75, 3.05) is 71.2 Å². The Hall–Kier alpha value is -3.25. The summed E-state index contributed by atoms with van der Waals surface area (Å²) in [6.45, 7) is 7.99. The van der Waals surface area contributed by atoms with Gasteiger partial charge in [-0.3, -0.25) is 14.5 Å². The van der Waals surface area contributed by atoms with Crippen LogP contribution in [0.4, 0.5) is 5.69 Å². The zero-order valence-corrected chi connectivity index (χ0v) is 29.3. The van der Waals surface area contributed by atoms with Crippen LogP contribution in [0.25, 0.3) is 11.0 Å². The van der Waals surface area contributed by atoms with Gasteiger partial charge in [0.1, 0.15) is 22.1 Å². The maximum absolute atomic E-state index is 13.9. The van der Waals surface area contributed by atoms with Gasteiger partial charge in [-0.05, 0) is 52.2 Å². The fourth-order valence-electron chi connectivity index (χ4n) is 5.61. The second-order valence-corrected chi connectivity index (χ2v) is 14.8. The maximum atomic E-state index is 13.9. The van der Waals surface area contributed by atoms with Crippen molar-refractivity contribution in [3.8, 4) is 5.75 Å². The van der Waals surface area contributed by atoms with E-state index in [1.165, 1.54) is 18.2 Å². The molecule has 5 rings (SSSR count). The predicted octanol–water partition coefficient (Wildman–Crippen LogP) is 2.52. The number of amides is 1. The highest BCUT2D eigenvalue weighted by atomic mass is 32.2. The van der Waals surface area contributed by atoms with E-state index in [9.17, 15) is 18.0 Å². The lowest BCUT2D eigenvalue weighted by Crippen LogP contribution is -2.41. The minimum atomic E-state index is -4.26. The van der Waals surface area contributed by atoms with Gasteiger partial charge >= 0.3 is 5.97 Å².